The van der Waals surface area contributed by atoms with E-state index in [4.69, 9.17) is 0 Å². The molecule has 0 aromatic rings. The van der Waals surface area contributed by atoms with Gasteiger partial charge in [-0.25, -0.2) is 0 Å². The van der Waals surface area contributed by atoms with Gasteiger partial charge in [-0.3, -0.25) is 0 Å². The topological polar surface area (TPSA) is 0 Å². The fraction of sp³-hybridized carbons (Fsp3) is 1.00. The Hall–Kier alpha value is 0.480. The highest BCUT2D eigenvalue weighted by molar-refractivity contribution is 9.09. The van der Waals surface area contributed by atoms with Gasteiger partial charge in [-0.05, 0) is 40.9 Å². The highest BCUT2D eigenvalue weighted by atomic mass is 79.9. The molecule has 1 heteroatoms. The van der Waals surface area contributed by atoms with Crippen molar-refractivity contribution >= 4 is 15.9 Å². The van der Waals surface area contributed by atoms with Crippen molar-refractivity contribution in [3.8, 4) is 0 Å². The van der Waals surface area contributed by atoms with Crippen LogP contribution in [0.4, 0.5) is 0 Å². The lowest BCUT2D eigenvalue weighted by Gasteiger charge is -2.36. The van der Waals surface area contributed by atoms with Gasteiger partial charge in [-0.1, -0.05) is 50.5 Å². The summed E-state index contributed by atoms with van der Waals surface area (Å²) < 4.78 is 0. The van der Waals surface area contributed by atoms with Crippen molar-refractivity contribution in [3.05, 3.63) is 0 Å². The Balaban J connectivity index is 2.27. The standard InChI is InChI=1S/C13H23Br/c1-9-12(4)8-10(6-7-14)11(2,3)13(9,12)5/h9-10H,6-8H2,1-5H3/t9-,10?,12-,13+/m0/s1. The maximum Gasteiger partial charge on any atom is 0.00341 e. The van der Waals surface area contributed by atoms with Crippen LogP contribution in [-0.2, 0) is 0 Å². The Morgan fingerprint density at radius 2 is 1.79 bits per heavy atom. The van der Waals surface area contributed by atoms with E-state index in [9.17, 15) is 0 Å². The quantitative estimate of drug-likeness (QED) is 0.641. The monoisotopic (exact) mass is 258 g/mol. The lowest BCUT2D eigenvalue weighted by molar-refractivity contribution is 0.128. The van der Waals surface area contributed by atoms with Crippen LogP contribution in [0.1, 0.15) is 47.5 Å². The highest BCUT2D eigenvalue weighted by Gasteiger charge is 2.79. The van der Waals surface area contributed by atoms with Gasteiger partial charge < -0.3 is 0 Å². The molecule has 0 N–H and O–H groups in total. The van der Waals surface area contributed by atoms with E-state index in [0.29, 0.717) is 16.2 Å². The molecule has 0 amide bonds. The van der Waals surface area contributed by atoms with E-state index in [-0.39, 0.29) is 0 Å². The van der Waals surface area contributed by atoms with E-state index in [0.717, 1.165) is 11.8 Å². The lowest BCUT2D eigenvalue weighted by atomic mass is 9.69. The maximum absolute atomic E-state index is 3.60. The number of halogens is 1. The number of hydrogen-bond acceptors (Lipinski definition) is 0. The van der Waals surface area contributed by atoms with Gasteiger partial charge in [0.1, 0.15) is 0 Å². The second-order valence-electron chi connectivity index (χ2n) is 6.44. The fourth-order valence-electron chi connectivity index (χ4n) is 4.62. The van der Waals surface area contributed by atoms with Gasteiger partial charge in [0.05, 0.1) is 0 Å². The van der Waals surface area contributed by atoms with Crippen molar-refractivity contribution in [2.45, 2.75) is 47.5 Å². The third-order valence-corrected chi connectivity index (χ3v) is 6.87. The SMILES string of the molecule is C[C@H]1[C@]2(C)CC(CCBr)C(C)(C)[C@@]12C. The minimum atomic E-state index is 0.537. The highest BCUT2D eigenvalue weighted by Crippen LogP contribution is 2.85. The molecule has 0 heterocycles. The predicted molar refractivity (Wildman–Crippen MR) is 65.7 cm³/mol. The van der Waals surface area contributed by atoms with Crippen molar-refractivity contribution in [1.82, 2.24) is 0 Å². The zero-order valence-electron chi connectivity index (χ0n) is 10.2. The van der Waals surface area contributed by atoms with Crippen LogP contribution in [0.15, 0.2) is 0 Å². The molecule has 0 nitrogen and oxygen atoms in total. The van der Waals surface area contributed by atoms with E-state index >= 15 is 0 Å². The van der Waals surface area contributed by atoms with E-state index in [2.05, 4.69) is 50.5 Å². The van der Waals surface area contributed by atoms with Crippen molar-refractivity contribution < 1.29 is 0 Å². The zero-order valence-corrected chi connectivity index (χ0v) is 11.7. The van der Waals surface area contributed by atoms with E-state index < -0.39 is 0 Å². The molecular formula is C13H23Br. The molecule has 1 unspecified atom stereocenters. The van der Waals surface area contributed by atoms with Gasteiger partial charge in [-0.2, -0.15) is 0 Å². The first kappa shape index (κ1) is 11.0. The smallest absolute Gasteiger partial charge is 0.00341 e. The molecule has 2 saturated carbocycles. The molecule has 2 fully saturated rings. The van der Waals surface area contributed by atoms with E-state index in [1.807, 2.05) is 0 Å². The Morgan fingerprint density at radius 1 is 1.21 bits per heavy atom. The summed E-state index contributed by atoms with van der Waals surface area (Å²) in [7, 11) is 0. The minimum absolute atomic E-state index is 0.537. The van der Waals surface area contributed by atoms with Crippen LogP contribution in [-0.4, -0.2) is 5.33 Å². The van der Waals surface area contributed by atoms with Crippen LogP contribution in [0.25, 0.3) is 0 Å². The summed E-state index contributed by atoms with van der Waals surface area (Å²) in [5.74, 6) is 1.85. The summed E-state index contributed by atoms with van der Waals surface area (Å²) in [6.07, 6.45) is 2.80. The first-order valence-corrected chi connectivity index (χ1v) is 7.00. The molecule has 0 spiro atoms. The molecule has 4 atom stereocenters. The van der Waals surface area contributed by atoms with Crippen molar-refractivity contribution in [2.24, 2.45) is 28.1 Å². The van der Waals surface area contributed by atoms with Crippen molar-refractivity contribution in [1.29, 1.82) is 0 Å². The third kappa shape index (κ3) is 0.911. The largest absolute Gasteiger partial charge is 0.0928 e. The second kappa shape index (κ2) is 2.78. The van der Waals surface area contributed by atoms with Gasteiger partial charge in [0.2, 0.25) is 0 Å². The maximum atomic E-state index is 3.60. The van der Waals surface area contributed by atoms with Crippen LogP contribution in [0.2, 0.25) is 0 Å². The Labute approximate surface area is 97.0 Å². The third-order valence-electron chi connectivity index (χ3n) is 6.41. The summed E-state index contributed by atoms with van der Waals surface area (Å²) >= 11 is 3.60. The molecule has 14 heavy (non-hydrogen) atoms. The molecule has 0 saturated heterocycles. The predicted octanol–water partition coefficient (Wildman–Crippen LogP) is 4.48. The Morgan fingerprint density at radius 3 is 2.14 bits per heavy atom. The average Bonchev–Trinajstić information content (AvgIpc) is 2.46. The fourth-order valence-corrected chi connectivity index (χ4v) is 5.17. The number of hydrogen-bond donors (Lipinski definition) is 0. The number of fused-ring (bicyclic) bond motifs is 1. The number of alkyl halides is 1. The minimum Gasteiger partial charge on any atom is -0.0928 e. The molecule has 82 valence electrons. The molecule has 2 aliphatic rings. The molecule has 0 bridgehead atoms. The summed E-state index contributed by atoms with van der Waals surface area (Å²) in [5.41, 5.74) is 1.78. The van der Waals surface area contributed by atoms with Gasteiger partial charge in [0, 0.05) is 5.33 Å². The summed E-state index contributed by atoms with van der Waals surface area (Å²) in [6.45, 7) is 12.5. The first-order valence-electron chi connectivity index (χ1n) is 5.88. The zero-order chi connectivity index (χ0) is 10.8. The van der Waals surface area contributed by atoms with Gasteiger partial charge in [0.15, 0.2) is 0 Å². The van der Waals surface area contributed by atoms with Gasteiger partial charge in [-0.15, -0.1) is 0 Å². The Bertz CT molecular complexity index is 258. The van der Waals surface area contributed by atoms with Crippen molar-refractivity contribution in [3.63, 3.8) is 0 Å². The van der Waals surface area contributed by atoms with Crippen LogP contribution in [0, 0.1) is 28.1 Å². The molecule has 2 aliphatic carbocycles. The normalized spacial score (nSPS) is 54.4. The van der Waals surface area contributed by atoms with E-state index in [1.54, 1.807) is 0 Å². The molecule has 0 aromatic carbocycles. The molecule has 0 aromatic heterocycles. The van der Waals surface area contributed by atoms with E-state index in [1.165, 1.54) is 18.2 Å². The summed E-state index contributed by atoms with van der Waals surface area (Å²) in [5, 5.41) is 1.17. The molecule has 0 radical (unpaired) electrons. The Kier molecular flexibility index (Phi) is 2.18. The average molecular weight is 259 g/mol. The van der Waals surface area contributed by atoms with Crippen LogP contribution in [0.5, 0.6) is 0 Å². The number of rotatable bonds is 2. The van der Waals surface area contributed by atoms with Crippen LogP contribution < -0.4 is 0 Å². The summed E-state index contributed by atoms with van der Waals surface area (Å²) in [6, 6.07) is 0. The molecule has 2 rings (SSSR count). The lowest BCUT2D eigenvalue weighted by Crippen LogP contribution is -2.30. The second-order valence-corrected chi connectivity index (χ2v) is 7.23. The van der Waals surface area contributed by atoms with Gasteiger partial charge >= 0.3 is 0 Å². The van der Waals surface area contributed by atoms with Crippen LogP contribution in [0.3, 0.4) is 0 Å². The summed E-state index contributed by atoms with van der Waals surface area (Å²) in [4.78, 5) is 0. The van der Waals surface area contributed by atoms with Gasteiger partial charge in [0.25, 0.3) is 0 Å². The first-order chi connectivity index (χ1) is 6.32. The molecule has 0 aliphatic heterocycles. The van der Waals surface area contributed by atoms with Crippen LogP contribution >= 0.6 is 15.9 Å². The molecular weight excluding hydrogens is 236 g/mol. The van der Waals surface area contributed by atoms with Crippen molar-refractivity contribution in [2.75, 3.05) is 5.33 Å².